The summed E-state index contributed by atoms with van der Waals surface area (Å²) in [5.74, 6) is 0. The molecule has 0 saturated heterocycles. The highest BCUT2D eigenvalue weighted by Gasteiger charge is 1.98. The minimum absolute atomic E-state index is 0.687. The van der Waals surface area contributed by atoms with Crippen LogP contribution in [0.1, 0.15) is 5.56 Å². The standard InChI is InChI=1S/C9H9BrClN/c10-6-2-3-7-8(11)4-1-5-9(7)12/h1-5H,6,12H2. The first kappa shape index (κ1) is 9.62. The number of benzene rings is 1. The molecule has 0 aliphatic heterocycles. The molecular weight excluding hydrogens is 237 g/mol. The van der Waals surface area contributed by atoms with Crippen molar-refractivity contribution < 1.29 is 0 Å². The first-order valence-electron chi connectivity index (χ1n) is 3.52. The van der Waals surface area contributed by atoms with Gasteiger partial charge in [0.05, 0.1) is 0 Å². The van der Waals surface area contributed by atoms with Crippen molar-refractivity contribution in [1.29, 1.82) is 0 Å². The highest BCUT2D eigenvalue weighted by atomic mass is 79.9. The van der Waals surface area contributed by atoms with E-state index in [9.17, 15) is 0 Å². The molecule has 0 radical (unpaired) electrons. The van der Waals surface area contributed by atoms with Gasteiger partial charge in [0.2, 0.25) is 0 Å². The van der Waals surface area contributed by atoms with Crippen LogP contribution < -0.4 is 5.73 Å². The van der Waals surface area contributed by atoms with Crippen LogP contribution in [0.5, 0.6) is 0 Å². The zero-order valence-electron chi connectivity index (χ0n) is 6.43. The second-order valence-corrected chi connectivity index (χ2v) is 3.35. The Labute approximate surface area is 85.3 Å². The first-order valence-corrected chi connectivity index (χ1v) is 5.02. The van der Waals surface area contributed by atoms with Crippen LogP contribution in [0.2, 0.25) is 5.02 Å². The van der Waals surface area contributed by atoms with E-state index in [1.807, 2.05) is 30.4 Å². The van der Waals surface area contributed by atoms with Gasteiger partial charge in [-0.05, 0) is 12.1 Å². The van der Waals surface area contributed by atoms with Gasteiger partial charge < -0.3 is 5.73 Å². The molecule has 3 heteroatoms. The maximum absolute atomic E-state index is 5.92. The van der Waals surface area contributed by atoms with Gasteiger partial charge in [0, 0.05) is 21.6 Å². The van der Waals surface area contributed by atoms with Gasteiger partial charge >= 0.3 is 0 Å². The molecule has 0 aromatic heterocycles. The summed E-state index contributed by atoms with van der Waals surface area (Å²) in [6.45, 7) is 0. The maximum atomic E-state index is 5.92. The zero-order valence-corrected chi connectivity index (χ0v) is 8.77. The van der Waals surface area contributed by atoms with Crippen molar-refractivity contribution in [1.82, 2.24) is 0 Å². The van der Waals surface area contributed by atoms with Gasteiger partial charge in [-0.2, -0.15) is 0 Å². The summed E-state index contributed by atoms with van der Waals surface area (Å²) in [5, 5.41) is 1.49. The van der Waals surface area contributed by atoms with Gasteiger partial charge in [-0.25, -0.2) is 0 Å². The quantitative estimate of drug-likeness (QED) is 0.629. The predicted octanol–water partition coefficient (Wildman–Crippen LogP) is 3.33. The van der Waals surface area contributed by atoms with E-state index in [0.29, 0.717) is 10.7 Å². The van der Waals surface area contributed by atoms with E-state index in [-0.39, 0.29) is 0 Å². The number of halogens is 2. The van der Waals surface area contributed by atoms with Crippen LogP contribution in [0.15, 0.2) is 24.3 Å². The number of nitrogen functional groups attached to an aromatic ring is 1. The van der Waals surface area contributed by atoms with E-state index in [1.165, 1.54) is 0 Å². The van der Waals surface area contributed by atoms with Gasteiger partial charge in [0.1, 0.15) is 0 Å². The summed E-state index contributed by atoms with van der Waals surface area (Å²) < 4.78 is 0. The Hall–Kier alpha value is -0.470. The van der Waals surface area contributed by atoms with Gasteiger partial charge in [0.25, 0.3) is 0 Å². The zero-order chi connectivity index (χ0) is 8.97. The lowest BCUT2D eigenvalue weighted by Crippen LogP contribution is -1.89. The topological polar surface area (TPSA) is 26.0 Å². The van der Waals surface area contributed by atoms with Crippen molar-refractivity contribution in [3.8, 4) is 0 Å². The van der Waals surface area contributed by atoms with Crippen LogP contribution in [-0.2, 0) is 0 Å². The van der Waals surface area contributed by atoms with Crippen molar-refractivity contribution in [3.05, 3.63) is 34.9 Å². The van der Waals surface area contributed by atoms with Crippen LogP contribution in [0, 0.1) is 0 Å². The molecule has 64 valence electrons. The lowest BCUT2D eigenvalue weighted by atomic mass is 10.2. The van der Waals surface area contributed by atoms with Crippen LogP contribution in [0.3, 0.4) is 0 Å². The molecular formula is C9H9BrClN. The Morgan fingerprint density at radius 1 is 1.50 bits per heavy atom. The number of nitrogens with two attached hydrogens (primary N) is 1. The van der Waals surface area contributed by atoms with Gasteiger partial charge in [-0.15, -0.1) is 0 Å². The molecule has 0 spiro atoms. The molecule has 2 N–H and O–H groups in total. The summed E-state index contributed by atoms with van der Waals surface area (Å²) >= 11 is 9.20. The molecule has 1 aromatic carbocycles. The smallest absolute Gasteiger partial charge is 0.0498 e. The fourth-order valence-corrected chi connectivity index (χ4v) is 1.32. The molecule has 1 rings (SSSR count). The van der Waals surface area contributed by atoms with Gasteiger partial charge in [0.15, 0.2) is 0 Å². The molecule has 0 saturated carbocycles. The third-order valence-corrected chi connectivity index (χ3v) is 2.16. The normalized spacial score (nSPS) is 10.8. The summed E-state index contributed by atoms with van der Waals surface area (Å²) in [7, 11) is 0. The molecule has 0 heterocycles. The van der Waals surface area contributed by atoms with E-state index in [4.69, 9.17) is 17.3 Å². The third-order valence-electron chi connectivity index (χ3n) is 1.46. The van der Waals surface area contributed by atoms with E-state index in [2.05, 4.69) is 15.9 Å². The molecule has 0 fully saturated rings. The van der Waals surface area contributed by atoms with Crippen molar-refractivity contribution in [2.75, 3.05) is 11.1 Å². The summed E-state index contributed by atoms with van der Waals surface area (Å²) in [5.41, 5.74) is 7.31. The van der Waals surface area contributed by atoms with Crippen LogP contribution in [-0.4, -0.2) is 5.33 Å². The van der Waals surface area contributed by atoms with E-state index in [0.717, 1.165) is 10.9 Å². The Kier molecular flexibility index (Phi) is 3.63. The second kappa shape index (κ2) is 4.53. The van der Waals surface area contributed by atoms with Crippen LogP contribution in [0.4, 0.5) is 5.69 Å². The van der Waals surface area contributed by atoms with Crippen LogP contribution >= 0.6 is 27.5 Å². The molecule has 1 aromatic rings. The number of allylic oxidation sites excluding steroid dienone is 1. The van der Waals surface area contributed by atoms with Crippen LogP contribution in [0.25, 0.3) is 6.08 Å². The highest BCUT2D eigenvalue weighted by Crippen LogP contribution is 2.23. The molecule has 0 aliphatic rings. The fourth-order valence-electron chi connectivity index (χ4n) is 0.892. The molecule has 0 amide bonds. The molecule has 0 atom stereocenters. The van der Waals surface area contributed by atoms with Crippen molar-refractivity contribution >= 4 is 39.3 Å². The van der Waals surface area contributed by atoms with E-state index >= 15 is 0 Å². The summed E-state index contributed by atoms with van der Waals surface area (Å²) in [6.07, 6.45) is 3.87. The average Bonchev–Trinajstić information content (AvgIpc) is 2.04. The number of anilines is 1. The predicted molar refractivity (Wildman–Crippen MR) is 58.7 cm³/mol. The molecule has 0 unspecified atom stereocenters. The molecule has 0 bridgehead atoms. The minimum atomic E-state index is 0.687. The second-order valence-electron chi connectivity index (χ2n) is 2.30. The van der Waals surface area contributed by atoms with Gasteiger partial charge in [-0.3, -0.25) is 0 Å². The van der Waals surface area contributed by atoms with Crippen molar-refractivity contribution in [2.24, 2.45) is 0 Å². The third kappa shape index (κ3) is 2.26. The molecule has 1 nitrogen and oxygen atoms in total. The highest BCUT2D eigenvalue weighted by molar-refractivity contribution is 9.09. The monoisotopic (exact) mass is 245 g/mol. The lowest BCUT2D eigenvalue weighted by Gasteiger charge is -2.01. The molecule has 12 heavy (non-hydrogen) atoms. The first-order chi connectivity index (χ1) is 5.75. The Bertz CT molecular complexity index is 276. The van der Waals surface area contributed by atoms with Crippen molar-refractivity contribution in [2.45, 2.75) is 0 Å². The van der Waals surface area contributed by atoms with Crippen molar-refractivity contribution in [3.63, 3.8) is 0 Å². The average molecular weight is 247 g/mol. The Morgan fingerprint density at radius 3 is 2.83 bits per heavy atom. The number of hydrogen-bond donors (Lipinski definition) is 1. The molecule has 0 aliphatic carbocycles. The summed E-state index contributed by atoms with van der Waals surface area (Å²) in [4.78, 5) is 0. The maximum Gasteiger partial charge on any atom is 0.0498 e. The number of alkyl halides is 1. The van der Waals surface area contributed by atoms with Gasteiger partial charge in [-0.1, -0.05) is 45.7 Å². The van der Waals surface area contributed by atoms with E-state index in [1.54, 1.807) is 0 Å². The SMILES string of the molecule is Nc1cccc(Cl)c1C=CCBr. The Balaban J connectivity index is 3.04. The fraction of sp³-hybridized carbons (Fsp3) is 0.111. The number of rotatable bonds is 2. The Morgan fingerprint density at radius 2 is 2.25 bits per heavy atom. The lowest BCUT2D eigenvalue weighted by molar-refractivity contribution is 1.63. The minimum Gasteiger partial charge on any atom is -0.398 e. The number of hydrogen-bond acceptors (Lipinski definition) is 1. The van der Waals surface area contributed by atoms with E-state index < -0.39 is 0 Å². The summed E-state index contributed by atoms with van der Waals surface area (Å²) in [6, 6.07) is 5.49. The largest absolute Gasteiger partial charge is 0.398 e.